The van der Waals surface area contributed by atoms with Crippen LogP contribution in [0.25, 0.3) is 49.9 Å². The maximum absolute atomic E-state index is 10.1. The monoisotopic (exact) mass is 1380 g/mol. The molecule has 5 saturated carbocycles. The summed E-state index contributed by atoms with van der Waals surface area (Å²) in [5.41, 5.74) is 13.5. The highest BCUT2D eigenvalue weighted by atomic mass is 16.5. The molecule has 5 aliphatic carbocycles. The Labute approximate surface area is 590 Å². The van der Waals surface area contributed by atoms with Crippen molar-refractivity contribution < 1.29 is 34.3 Å². The molecule has 25 nitrogen and oxygen atoms in total. The number of fused-ring (bicyclic) bond motifs is 3. The fourth-order valence-corrected chi connectivity index (χ4v) is 16.5. The lowest BCUT2D eigenvalue weighted by Crippen LogP contribution is -2.52. The molecule has 4 aliphatic heterocycles. The second-order valence-electron chi connectivity index (χ2n) is 30.8. The van der Waals surface area contributed by atoms with E-state index in [0.717, 1.165) is 192 Å². The van der Waals surface area contributed by atoms with E-state index in [1.807, 2.05) is 37.2 Å². The molecule has 4 saturated heterocycles. The summed E-state index contributed by atoms with van der Waals surface area (Å²) in [5, 5.41) is 64.5. The van der Waals surface area contributed by atoms with Crippen molar-refractivity contribution in [2.45, 2.75) is 227 Å². The molecule has 18 rings (SSSR count). The molecule has 25 heteroatoms. The van der Waals surface area contributed by atoms with E-state index in [4.69, 9.17) is 39.2 Å². The van der Waals surface area contributed by atoms with E-state index < -0.39 is 0 Å². The number of aliphatic hydroxyl groups excluding tert-OH is 3. The Bertz CT molecular complexity index is 4090. The van der Waals surface area contributed by atoms with Gasteiger partial charge >= 0.3 is 0 Å². The van der Waals surface area contributed by atoms with Gasteiger partial charge in [-0.05, 0) is 192 Å². The topological polar surface area (TPSA) is 276 Å². The van der Waals surface area contributed by atoms with Gasteiger partial charge in [-0.25, -0.2) is 33.5 Å². The van der Waals surface area contributed by atoms with Crippen LogP contribution in [0.2, 0.25) is 0 Å². The lowest BCUT2D eigenvalue weighted by molar-refractivity contribution is -0.158. The van der Waals surface area contributed by atoms with Crippen LogP contribution in [0.5, 0.6) is 0 Å². The van der Waals surface area contributed by atoms with Crippen LogP contribution in [0.1, 0.15) is 203 Å². The SMILES string of the molecule is COC[C@H](C)Nc1ncc2c(-c3ccnc(N4CCC5(CCO5)CC4)c3)cc(C3CCC(O)CC3)n2n1.C[C@@H](Nc1ncc2c(-c3cnn(C4CCC4)c3)cc(C3CCC(O)CC3)n2n1)C1COC1.C[C@H](Nc1ncc2c(-c3cnn(C4CCC4)c3)cc(C3CCC(O)CC3)n2n1)C1COC1. The van der Waals surface area contributed by atoms with Crippen molar-refractivity contribution in [2.75, 3.05) is 80.7 Å². The van der Waals surface area contributed by atoms with E-state index in [1.54, 1.807) is 7.11 Å². The van der Waals surface area contributed by atoms with Gasteiger partial charge in [0.25, 0.3) is 0 Å². The van der Waals surface area contributed by atoms with E-state index >= 15 is 0 Å². The second-order valence-corrected chi connectivity index (χ2v) is 30.8. The minimum absolute atomic E-state index is 0.0996. The molecule has 1 spiro atoms. The van der Waals surface area contributed by atoms with E-state index in [9.17, 15) is 15.3 Å². The van der Waals surface area contributed by atoms with E-state index in [1.165, 1.54) is 62.0 Å². The zero-order valence-electron chi connectivity index (χ0n) is 59.2. The van der Waals surface area contributed by atoms with Crippen LogP contribution in [0.15, 0.2) is 79.9 Å². The molecule has 9 aromatic heterocycles. The van der Waals surface area contributed by atoms with Gasteiger partial charge in [-0.2, -0.15) is 10.2 Å². The van der Waals surface area contributed by atoms with Gasteiger partial charge in [0.2, 0.25) is 17.8 Å². The lowest BCUT2D eigenvalue weighted by atomic mass is 9.84. The summed E-state index contributed by atoms with van der Waals surface area (Å²) in [6, 6.07) is 12.8. The van der Waals surface area contributed by atoms with Gasteiger partial charge in [-0.1, -0.05) is 0 Å². The van der Waals surface area contributed by atoms with Crippen molar-refractivity contribution in [3.8, 4) is 33.4 Å². The molecule has 538 valence electrons. The highest BCUT2D eigenvalue weighted by Crippen LogP contribution is 2.44. The summed E-state index contributed by atoms with van der Waals surface area (Å²) >= 11 is 0. The van der Waals surface area contributed by atoms with Crippen LogP contribution in [0.4, 0.5) is 23.7 Å². The fourth-order valence-electron chi connectivity index (χ4n) is 16.5. The molecular formula is C76H102N18O7. The average molecular weight is 1380 g/mol. The smallest absolute Gasteiger partial charge is 0.241 e. The minimum Gasteiger partial charge on any atom is -0.393 e. The number of methoxy groups -OCH3 is 1. The van der Waals surface area contributed by atoms with Crippen molar-refractivity contribution in [1.82, 2.24) is 68.3 Å². The number of nitrogens with one attached hydrogen (secondary N) is 3. The first-order valence-corrected chi connectivity index (χ1v) is 37.9. The van der Waals surface area contributed by atoms with Crippen LogP contribution in [0.3, 0.4) is 0 Å². The van der Waals surface area contributed by atoms with Crippen molar-refractivity contribution >= 4 is 40.2 Å². The summed E-state index contributed by atoms with van der Waals surface area (Å²) in [7, 11) is 1.70. The Morgan fingerprint density at radius 1 is 0.515 bits per heavy atom. The first-order valence-electron chi connectivity index (χ1n) is 37.9. The third kappa shape index (κ3) is 14.5. The van der Waals surface area contributed by atoms with Gasteiger partial charge in [0.1, 0.15) is 5.82 Å². The number of rotatable bonds is 19. The predicted octanol–water partition coefficient (Wildman–Crippen LogP) is 11.6. The van der Waals surface area contributed by atoms with Crippen LogP contribution in [-0.2, 0) is 18.9 Å². The molecule has 6 N–H and O–H groups in total. The average Bonchev–Trinajstić information content (AvgIpc) is 1.65. The maximum Gasteiger partial charge on any atom is 0.241 e. The summed E-state index contributed by atoms with van der Waals surface area (Å²) in [6.07, 6.45) is 37.2. The summed E-state index contributed by atoms with van der Waals surface area (Å²) in [5.74, 6) is 5.06. The third-order valence-corrected chi connectivity index (χ3v) is 24.0. The first kappa shape index (κ1) is 67.8. The van der Waals surface area contributed by atoms with Crippen LogP contribution < -0.4 is 20.9 Å². The quantitative estimate of drug-likeness (QED) is 0.0439. The normalized spacial score (nSPS) is 25.0. The van der Waals surface area contributed by atoms with Crippen molar-refractivity contribution in [3.63, 3.8) is 0 Å². The highest BCUT2D eigenvalue weighted by molar-refractivity contribution is 5.84. The number of anilines is 4. The molecule has 9 fully saturated rings. The fraction of sp³-hybridized carbons (Fsp3) is 0.618. The van der Waals surface area contributed by atoms with Gasteiger partial charge in [-0.15, -0.1) is 15.3 Å². The number of hydrogen-bond donors (Lipinski definition) is 6. The van der Waals surface area contributed by atoms with Crippen LogP contribution in [-0.4, -0.2) is 186 Å². The highest BCUT2D eigenvalue weighted by Gasteiger charge is 2.42. The lowest BCUT2D eigenvalue weighted by Gasteiger charge is -2.47. The Morgan fingerprint density at radius 2 is 0.931 bits per heavy atom. The number of piperidine rings is 1. The number of hydrogen-bond acceptors (Lipinski definition) is 20. The Kier molecular flexibility index (Phi) is 19.9. The molecular weight excluding hydrogens is 1280 g/mol. The molecule has 9 aromatic rings. The van der Waals surface area contributed by atoms with Crippen LogP contribution in [0, 0.1) is 11.8 Å². The standard InChI is InChI=1S/C28H38N6O3.2C24H32N6O2/c1-19(18-36-2)31-27-30-17-25-23(16-24(34(25)32-27)20-3-5-22(35)6-4-20)21-7-11-29-26(15-21)33-12-8-28(9-13-33)10-14-37-28;2*1-15(18-13-32-14-18)27-24-25-11-23-21(17-10-26-29(12-17)19-3-2-4-19)9-22(30(23)28-24)16-5-7-20(31)8-6-16/h7,11,15-17,19-20,22,35H,3-6,8-10,12-14,18H2,1-2H3,(H,31,32);2*9-12,15-16,18-20,31H,2-8,13-14H2,1H3,(H,27,28)/t19-,20?,22?;2*15-,16?,20?/m010/s1. The van der Waals surface area contributed by atoms with Crippen molar-refractivity contribution in [1.29, 1.82) is 0 Å². The number of aromatic nitrogens is 14. The van der Waals surface area contributed by atoms with E-state index in [0.29, 0.717) is 66.1 Å². The first-order chi connectivity index (χ1) is 49.3. The number of ether oxygens (including phenoxy) is 4. The molecule has 13 heterocycles. The number of aliphatic hydroxyl groups is 3. The van der Waals surface area contributed by atoms with Gasteiger partial charge in [0.05, 0.1) is 123 Å². The Hall–Kier alpha value is -7.65. The summed E-state index contributed by atoms with van der Waals surface area (Å²) < 4.78 is 32.3. The molecule has 0 radical (unpaired) electrons. The summed E-state index contributed by atoms with van der Waals surface area (Å²) in [4.78, 5) is 21.1. The summed E-state index contributed by atoms with van der Waals surface area (Å²) in [6.45, 7) is 13.0. The zero-order chi connectivity index (χ0) is 68.7. The molecule has 0 bridgehead atoms. The maximum atomic E-state index is 10.1. The largest absolute Gasteiger partial charge is 0.393 e. The van der Waals surface area contributed by atoms with Crippen LogP contribution >= 0.6 is 0 Å². The molecule has 101 heavy (non-hydrogen) atoms. The van der Waals surface area contributed by atoms with E-state index in [-0.39, 0.29) is 42.0 Å². The Morgan fingerprint density at radius 3 is 1.30 bits per heavy atom. The predicted molar refractivity (Wildman–Crippen MR) is 387 cm³/mol. The molecule has 0 aromatic carbocycles. The zero-order valence-corrected chi connectivity index (χ0v) is 59.2. The van der Waals surface area contributed by atoms with Gasteiger partial charge in [0, 0.05) is 131 Å². The van der Waals surface area contributed by atoms with Gasteiger partial charge in [0.15, 0.2) is 0 Å². The Balaban J connectivity index is 0.000000118. The third-order valence-electron chi connectivity index (χ3n) is 24.0. The van der Waals surface area contributed by atoms with E-state index in [2.05, 4.69) is 132 Å². The number of nitrogens with zero attached hydrogens (tertiary/aromatic N) is 15. The minimum atomic E-state index is -0.194. The van der Waals surface area contributed by atoms with Gasteiger partial charge < -0.3 is 55.1 Å². The molecule has 0 amide bonds. The molecule has 9 aliphatic rings. The van der Waals surface area contributed by atoms with Gasteiger partial charge in [-0.3, -0.25) is 9.36 Å². The second kappa shape index (κ2) is 29.6. The van der Waals surface area contributed by atoms with Crippen molar-refractivity contribution in [3.05, 3.63) is 97.0 Å². The molecule has 3 atom stereocenters. The van der Waals surface area contributed by atoms with Crippen molar-refractivity contribution in [2.24, 2.45) is 11.8 Å². The number of pyridine rings is 1. The molecule has 0 unspecified atom stereocenters.